The van der Waals surface area contributed by atoms with Crippen molar-refractivity contribution in [1.29, 1.82) is 0 Å². The van der Waals surface area contributed by atoms with Gasteiger partial charge in [0.15, 0.2) is 0 Å². The van der Waals surface area contributed by atoms with Gasteiger partial charge >= 0.3 is 17.8 Å². The smallest absolute Gasteiger partial charge is 0.334 e. The summed E-state index contributed by atoms with van der Waals surface area (Å²) in [5, 5.41) is 2.55. The molecule has 1 aromatic carbocycles. The zero-order valence-corrected chi connectivity index (χ0v) is 14.9. The summed E-state index contributed by atoms with van der Waals surface area (Å²) in [6.07, 6.45) is 0. The summed E-state index contributed by atoms with van der Waals surface area (Å²) in [5.41, 5.74) is 1.48. The summed E-state index contributed by atoms with van der Waals surface area (Å²) in [6, 6.07) is 6.49. The van der Waals surface area contributed by atoms with Gasteiger partial charge in [0.1, 0.15) is 10.8 Å². The topological polar surface area (TPSA) is 79.8 Å². The normalized spacial score (nSPS) is 14.8. The SMILES string of the molecule is COc1ccc(-c2nc(CN3C(=O)C(=O)N(C(C)C)C3=O)cs2)cc1. The highest BCUT2D eigenvalue weighted by Gasteiger charge is 2.45. The third-order valence-corrected chi connectivity index (χ3v) is 4.75. The monoisotopic (exact) mass is 359 g/mol. The number of hydrogen-bond donors (Lipinski definition) is 0. The van der Waals surface area contributed by atoms with Gasteiger partial charge in [-0.05, 0) is 38.1 Å². The lowest BCUT2D eigenvalue weighted by molar-refractivity contribution is -0.144. The lowest BCUT2D eigenvalue weighted by Crippen LogP contribution is -2.37. The fourth-order valence-electron chi connectivity index (χ4n) is 2.52. The standard InChI is InChI=1S/C17H17N3O4S/c1-10(2)20-16(22)15(21)19(17(20)23)8-12-9-25-14(18-12)11-4-6-13(24-3)7-5-11/h4-7,9-10H,8H2,1-3H3. The maximum atomic E-state index is 12.3. The van der Waals surface area contributed by atoms with Crippen LogP contribution in [0.2, 0.25) is 0 Å². The number of carbonyl (C=O) groups excluding carboxylic acids is 3. The first-order valence-corrected chi connectivity index (χ1v) is 8.58. The van der Waals surface area contributed by atoms with Gasteiger partial charge in [0.2, 0.25) is 0 Å². The van der Waals surface area contributed by atoms with E-state index < -0.39 is 17.8 Å². The number of urea groups is 1. The minimum atomic E-state index is -0.808. The van der Waals surface area contributed by atoms with Crippen LogP contribution in [-0.2, 0) is 16.1 Å². The van der Waals surface area contributed by atoms with Crippen molar-refractivity contribution < 1.29 is 19.1 Å². The zero-order valence-electron chi connectivity index (χ0n) is 14.1. The van der Waals surface area contributed by atoms with E-state index >= 15 is 0 Å². The maximum absolute atomic E-state index is 12.3. The molecule has 130 valence electrons. The van der Waals surface area contributed by atoms with Gasteiger partial charge in [0.05, 0.1) is 19.3 Å². The average Bonchev–Trinajstić information content (AvgIpc) is 3.14. The second-order valence-electron chi connectivity index (χ2n) is 5.82. The number of amides is 4. The largest absolute Gasteiger partial charge is 0.497 e. The molecule has 7 nitrogen and oxygen atoms in total. The first-order valence-electron chi connectivity index (χ1n) is 7.70. The van der Waals surface area contributed by atoms with Crippen LogP contribution in [0.3, 0.4) is 0 Å². The van der Waals surface area contributed by atoms with E-state index in [0.717, 1.165) is 26.1 Å². The number of benzene rings is 1. The van der Waals surface area contributed by atoms with Crippen molar-refractivity contribution in [3.63, 3.8) is 0 Å². The Hall–Kier alpha value is -2.74. The summed E-state index contributed by atoms with van der Waals surface area (Å²) in [7, 11) is 1.60. The average molecular weight is 359 g/mol. The van der Waals surface area contributed by atoms with Crippen molar-refractivity contribution in [3.8, 4) is 16.3 Å². The van der Waals surface area contributed by atoms with Gasteiger partial charge in [-0.25, -0.2) is 14.7 Å². The molecule has 0 saturated carbocycles. The Morgan fingerprint density at radius 1 is 1.12 bits per heavy atom. The molecule has 0 atom stereocenters. The highest BCUT2D eigenvalue weighted by Crippen LogP contribution is 2.27. The predicted molar refractivity (Wildman–Crippen MR) is 92.0 cm³/mol. The van der Waals surface area contributed by atoms with Crippen molar-refractivity contribution in [1.82, 2.24) is 14.8 Å². The zero-order chi connectivity index (χ0) is 18.1. The van der Waals surface area contributed by atoms with Crippen molar-refractivity contribution in [3.05, 3.63) is 35.3 Å². The van der Waals surface area contributed by atoms with E-state index in [9.17, 15) is 14.4 Å². The molecule has 0 aliphatic carbocycles. The Morgan fingerprint density at radius 2 is 1.80 bits per heavy atom. The van der Waals surface area contributed by atoms with E-state index in [1.807, 2.05) is 24.3 Å². The second-order valence-corrected chi connectivity index (χ2v) is 6.67. The minimum Gasteiger partial charge on any atom is -0.497 e. The van der Waals surface area contributed by atoms with E-state index in [4.69, 9.17) is 4.74 Å². The summed E-state index contributed by atoms with van der Waals surface area (Å²) in [6.45, 7) is 3.37. The van der Waals surface area contributed by atoms with E-state index in [1.165, 1.54) is 11.3 Å². The summed E-state index contributed by atoms with van der Waals surface area (Å²) < 4.78 is 5.13. The minimum absolute atomic E-state index is 0.0146. The fraction of sp³-hybridized carbons (Fsp3) is 0.294. The number of carbonyl (C=O) groups is 3. The molecule has 1 fully saturated rings. The number of rotatable bonds is 5. The number of nitrogens with zero attached hydrogens (tertiary/aromatic N) is 3. The molecule has 25 heavy (non-hydrogen) atoms. The molecule has 0 bridgehead atoms. The maximum Gasteiger partial charge on any atom is 0.334 e. The van der Waals surface area contributed by atoms with Gasteiger partial charge in [-0.15, -0.1) is 11.3 Å². The van der Waals surface area contributed by atoms with E-state index in [-0.39, 0.29) is 12.6 Å². The molecule has 0 N–H and O–H groups in total. The van der Waals surface area contributed by atoms with Gasteiger partial charge in [0, 0.05) is 17.0 Å². The van der Waals surface area contributed by atoms with Crippen LogP contribution >= 0.6 is 11.3 Å². The predicted octanol–water partition coefficient (Wildman–Crippen LogP) is 2.52. The molecular weight excluding hydrogens is 342 g/mol. The molecule has 0 unspecified atom stereocenters. The molecule has 1 aliphatic rings. The fourth-order valence-corrected chi connectivity index (χ4v) is 3.34. The lowest BCUT2D eigenvalue weighted by atomic mass is 10.2. The van der Waals surface area contributed by atoms with Gasteiger partial charge in [-0.2, -0.15) is 0 Å². The highest BCUT2D eigenvalue weighted by atomic mass is 32.1. The molecule has 0 spiro atoms. The number of hydrogen-bond acceptors (Lipinski definition) is 6. The molecule has 3 rings (SSSR count). The summed E-state index contributed by atoms with van der Waals surface area (Å²) >= 11 is 1.41. The molecular formula is C17H17N3O4S. The van der Waals surface area contributed by atoms with Crippen LogP contribution in [0.5, 0.6) is 5.75 Å². The number of imide groups is 2. The Morgan fingerprint density at radius 3 is 2.36 bits per heavy atom. The van der Waals surface area contributed by atoms with Crippen LogP contribution in [0.4, 0.5) is 4.79 Å². The molecule has 1 aromatic heterocycles. The number of aromatic nitrogens is 1. The molecule has 1 aliphatic heterocycles. The summed E-state index contributed by atoms with van der Waals surface area (Å²) in [5.74, 6) is -0.843. The third kappa shape index (κ3) is 3.12. The molecule has 2 heterocycles. The van der Waals surface area contributed by atoms with Gasteiger partial charge < -0.3 is 4.74 Å². The first-order chi connectivity index (χ1) is 11.9. The number of methoxy groups -OCH3 is 1. The van der Waals surface area contributed by atoms with Crippen LogP contribution in [0, 0.1) is 0 Å². The van der Waals surface area contributed by atoms with E-state index in [0.29, 0.717) is 5.69 Å². The van der Waals surface area contributed by atoms with Gasteiger partial charge in [0.25, 0.3) is 0 Å². The van der Waals surface area contributed by atoms with Crippen molar-refractivity contribution in [2.45, 2.75) is 26.4 Å². The highest BCUT2D eigenvalue weighted by molar-refractivity contribution is 7.13. The lowest BCUT2D eigenvalue weighted by Gasteiger charge is -2.17. The Labute approximate surface area is 148 Å². The van der Waals surface area contributed by atoms with E-state index in [1.54, 1.807) is 26.3 Å². The molecule has 0 radical (unpaired) electrons. The number of thiazole rings is 1. The van der Waals surface area contributed by atoms with Crippen LogP contribution in [-0.4, -0.2) is 45.8 Å². The molecule has 2 aromatic rings. The van der Waals surface area contributed by atoms with Gasteiger partial charge in [-0.1, -0.05) is 0 Å². The molecule has 4 amide bonds. The second kappa shape index (κ2) is 6.64. The van der Waals surface area contributed by atoms with Crippen LogP contribution in [0.15, 0.2) is 29.6 Å². The van der Waals surface area contributed by atoms with Crippen molar-refractivity contribution in [2.24, 2.45) is 0 Å². The van der Waals surface area contributed by atoms with Crippen molar-refractivity contribution in [2.75, 3.05) is 7.11 Å². The van der Waals surface area contributed by atoms with Crippen molar-refractivity contribution >= 4 is 29.2 Å². The van der Waals surface area contributed by atoms with Crippen LogP contribution in [0.25, 0.3) is 10.6 Å². The molecule has 8 heteroatoms. The Bertz CT molecular complexity index is 829. The Kier molecular flexibility index (Phi) is 4.54. The summed E-state index contributed by atoms with van der Waals surface area (Å²) in [4.78, 5) is 42.7. The quantitative estimate of drug-likeness (QED) is 0.605. The van der Waals surface area contributed by atoms with Gasteiger partial charge in [-0.3, -0.25) is 14.5 Å². The third-order valence-electron chi connectivity index (χ3n) is 3.81. The van der Waals surface area contributed by atoms with Crippen LogP contribution < -0.4 is 4.74 Å². The Balaban J connectivity index is 1.78. The molecule has 1 saturated heterocycles. The first kappa shape index (κ1) is 17.1. The number of ether oxygens (including phenoxy) is 1. The van der Waals surface area contributed by atoms with E-state index in [2.05, 4.69) is 4.98 Å². The van der Waals surface area contributed by atoms with Crippen LogP contribution in [0.1, 0.15) is 19.5 Å².